The molecule has 6 heteroatoms. The fourth-order valence-corrected chi connectivity index (χ4v) is 2.32. The van der Waals surface area contributed by atoms with Crippen molar-refractivity contribution in [2.24, 2.45) is 0 Å². The second-order valence-corrected chi connectivity index (χ2v) is 5.31. The van der Waals surface area contributed by atoms with Gasteiger partial charge in [-0.15, -0.1) is 0 Å². The Balaban J connectivity index is 2.69. The first-order chi connectivity index (χ1) is 8.41. The first kappa shape index (κ1) is 12.7. The summed E-state index contributed by atoms with van der Waals surface area (Å²) in [7, 11) is -4.32. The lowest BCUT2D eigenvalue weighted by Crippen LogP contribution is -1.99. The highest BCUT2D eigenvalue weighted by atomic mass is 32.2. The lowest BCUT2D eigenvalue weighted by molar-refractivity contribution is 0.471. The molecule has 0 amide bonds. The third-order valence-corrected chi connectivity index (χ3v) is 3.41. The van der Waals surface area contributed by atoms with Crippen molar-refractivity contribution in [3.63, 3.8) is 0 Å². The Kier molecular flexibility index (Phi) is 3.14. The van der Waals surface area contributed by atoms with Crippen LogP contribution in [-0.4, -0.2) is 24.6 Å². The summed E-state index contributed by atoms with van der Waals surface area (Å²) in [4.78, 5) is -0.318. The highest BCUT2D eigenvalue weighted by Gasteiger charge is 2.13. The zero-order chi connectivity index (χ0) is 13.3. The van der Waals surface area contributed by atoms with Crippen molar-refractivity contribution >= 4 is 26.6 Å². The topological polar surface area (TPSA) is 86.6 Å². The molecule has 0 heterocycles. The molecule has 0 radical (unpaired) electrons. The standard InChI is InChI=1S/C12H13NO4S/c1-2-13-9-3-4-11-8(5-9)6-10(7-12(11)14)18(15,16)17/h3-7,13-14H,2H2,1H3,(H,15,16,17). The van der Waals surface area contributed by atoms with Crippen LogP contribution in [0.4, 0.5) is 5.69 Å². The first-order valence-electron chi connectivity index (χ1n) is 5.40. The van der Waals surface area contributed by atoms with Gasteiger partial charge in [-0.05, 0) is 36.6 Å². The number of anilines is 1. The van der Waals surface area contributed by atoms with E-state index in [1.54, 1.807) is 18.2 Å². The molecule has 0 aromatic heterocycles. The number of fused-ring (bicyclic) bond motifs is 1. The molecule has 18 heavy (non-hydrogen) atoms. The molecule has 0 spiro atoms. The Hall–Kier alpha value is -1.79. The SMILES string of the molecule is CCNc1ccc2c(O)cc(S(=O)(=O)O)cc2c1. The van der Waals surface area contributed by atoms with Crippen molar-refractivity contribution in [2.45, 2.75) is 11.8 Å². The van der Waals surface area contributed by atoms with Crippen LogP contribution in [0.3, 0.4) is 0 Å². The first-order valence-corrected chi connectivity index (χ1v) is 6.84. The molecule has 0 atom stereocenters. The third kappa shape index (κ3) is 2.39. The van der Waals surface area contributed by atoms with Crippen LogP contribution < -0.4 is 5.32 Å². The van der Waals surface area contributed by atoms with Gasteiger partial charge >= 0.3 is 0 Å². The largest absolute Gasteiger partial charge is 0.507 e. The maximum absolute atomic E-state index is 11.1. The van der Waals surface area contributed by atoms with Crippen molar-refractivity contribution in [2.75, 3.05) is 11.9 Å². The van der Waals surface area contributed by atoms with Gasteiger partial charge in [-0.25, -0.2) is 0 Å². The second kappa shape index (κ2) is 4.47. The summed E-state index contributed by atoms with van der Waals surface area (Å²) in [6.07, 6.45) is 0. The van der Waals surface area contributed by atoms with Gasteiger partial charge in [0.1, 0.15) is 5.75 Å². The summed E-state index contributed by atoms with van der Waals surface area (Å²) in [6.45, 7) is 2.67. The van der Waals surface area contributed by atoms with Crippen LogP contribution in [0.1, 0.15) is 6.92 Å². The number of aromatic hydroxyl groups is 1. The van der Waals surface area contributed by atoms with E-state index in [-0.39, 0.29) is 10.6 Å². The maximum atomic E-state index is 11.1. The van der Waals surface area contributed by atoms with E-state index in [0.29, 0.717) is 10.8 Å². The van der Waals surface area contributed by atoms with E-state index in [4.69, 9.17) is 4.55 Å². The highest BCUT2D eigenvalue weighted by molar-refractivity contribution is 7.85. The molecule has 0 saturated carbocycles. The van der Waals surface area contributed by atoms with Crippen LogP contribution in [0.25, 0.3) is 10.8 Å². The Bertz CT molecular complexity index is 695. The molecule has 96 valence electrons. The Labute approximate surface area is 105 Å². The van der Waals surface area contributed by atoms with Crippen LogP contribution in [0, 0.1) is 0 Å². The fourth-order valence-electron chi connectivity index (χ4n) is 1.79. The molecule has 0 aliphatic rings. The number of phenols is 1. The summed E-state index contributed by atoms with van der Waals surface area (Å²) in [6, 6.07) is 7.55. The van der Waals surface area contributed by atoms with Gasteiger partial charge in [-0.1, -0.05) is 0 Å². The third-order valence-electron chi connectivity index (χ3n) is 2.58. The van der Waals surface area contributed by atoms with Crippen molar-refractivity contribution in [3.8, 4) is 5.75 Å². The molecule has 2 aromatic carbocycles. The van der Waals surface area contributed by atoms with Crippen LogP contribution in [0.15, 0.2) is 35.2 Å². The zero-order valence-electron chi connectivity index (χ0n) is 9.71. The van der Waals surface area contributed by atoms with Crippen LogP contribution in [0.2, 0.25) is 0 Å². The van der Waals surface area contributed by atoms with Gasteiger partial charge in [0.2, 0.25) is 0 Å². The van der Waals surface area contributed by atoms with Crippen molar-refractivity contribution in [3.05, 3.63) is 30.3 Å². The number of hydrogen-bond acceptors (Lipinski definition) is 4. The van der Waals surface area contributed by atoms with Gasteiger partial charge in [0, 0.05) is 23.7 Å². The number of nitrogens with one attached hydrogen (secondary N) is 1. The molecular weight excluding hydrogens is 254 g/mol. The van der Waals surface area contributed by atoms with Crippen LogP contribution in [0.5, 0.6) is 5.75 Å². The molecule has 2 aromatic rings. The molecule has 0 unspecified atom stereocenters. The van der Waals surface area contributed by atoms with Gasteiger partial charge in [-0.2, -0.15) is 8.42 Å². The minimum Gasteiger partial charge on any atom is -0.507 e. The van der Waals surface area contributed by atoms with Crippen molar-refractivity contribution in [1.29, 1.82) is 0 Å². The Morgan fingerprint density at radius 3 is 2.56 bits per heavy atom. The smallest absolute Gasteiger partial charge is 0.294 e. The van der Waals surface area contributed by atoms with E-state index in [2.05, 4.69) is 5.32 Å². The molecular formula is C12H13NO4S. The molecule has 0 aliphatic carbocycles. The molecule has 2 rings (SSSR count). The Morgan fingerprint density at radius 1 is 1.22 bits per heavy atom. The summed E-state index contributed by atoms with van der Waals surface area (Å²) < 4.78 is 31.1. The number of benzene rings is 2. The lowest BCUT2D eigenvalue weighted by Gasteiger charge is -2.07. The van der Waals surface area contributed by atoms with Crippen LogP contribution in [-0.2, 0) is 10.1 Å². The van der Waals surface area contributed by atoms with E-state index in [1.165, 1.54) is 6.07 Å². The Morgan fingerprint density at radius 2 is 1.94 bits per heavy atom. The van der Waals surface area contributed by atoms with E-state index in [9.17, 15) is 13.5 Å². The molecule has 3 N–H and O–H groups in total. The summed E-state index contributed by atoms with van der Waals surface area (Å²) in [5, 5.41) is 13.9. The van der Waals surface area contributed by atoms with Gasteiger partial charge in [0.05, 0.1) is 4.90 Å². The molecule has 0 aliphatic heterocycles. The second-order valence-electron chi connectivity index (χ2n) is 3.88. The number of phenolic OH excluding ortho intramolecular Hbond substituents is 1. The van der Waals surface area contributed by atoms with E-state index < -0.39 is 10.1 Å². The summed E-state index contributed by atoms with van der Waals surface area (Å²) in [5.74, 6) is -0.178. The van der Waals surface area contributed by atoms with Gasteiger partial charge < -0.3 is 10.4 Å². The van der Waals surface area contributed by atoms with E-state index in [0.717, 1.165) is 18.3 Å². The molecule has 0 saturated heterocycles. The number of rotatable bonds is 3. The minimum atomic E-state index is -4.32. The molecule has 0 bridgehead atoms. The van der Waals surface area contributed by atoms with Gasteiger partial charge in [0.25, 0.3) is 10.1 Å². The molecule has 5 nitrogen and oxygen atoms in total. The highest BCUT2D eigenvalue weighted by Crippen LogP contribution is 2.30. The van der Waals surface area contributed by atoms with Gasteiger partial charge in [-0.3, -0.25) is 4.55 Å². The minimum absolute atomic E-state index is 0.178. The summed E-state index contributed by atoms with van der Waals surface area (Å²) in [5.41, 5.74) is 0.817. The average Bonchev–Trinajstić information content (AvgIpc) is 2.27. The van der Waals surface area contributed by atoms with Gasteiger partial charge in [0.15, 0.2) is 0 Å². The van der Waals surface area contributed by atoms with Crippen molar-refractivity contribution < 1.29 is 18.1 Å². The predicted octanol–water partition coefficient (Wildman–Crippen LogP) is 2.22. The van der Waals surface area contributed by atoms with Crippen molar-refractivity contribution in [1.82, 2.24) is 0 Å². The average molecular weight is 267 g/mol. The number of hydrogen-bond donors (Lipinski definition) is 3. The normalized spacial score (nSPS) is 11.7. The quantitative estimate of drug-likeness (QED) is 0.742. The summed E-state index contributed by atoms with van der Waals surface area (Å²) >= 11 is 0. The zero-order valence-corrected chi connectivity index (χ0v) is 10.5. The molecule has 0 fully saturated rings. The lowest BCUT2D eigenvalue weighted by atomic mass is 10.1. The van der Waals surface area contributed by atoms with E-state index in [1.807, 2.05) is 6.92 Å². The predicted molar refractivity (Wildman–Crippen MR) is 69.6 cm³/mol. The van der Waals surface area contributed by atoms with E-state index >= 15 is 0 Å². The maximum Gasteiger partial charge on any atom is 0.294 e. The fraction of sp³-hybridized carbons (Fsp3) is 0.167. The monoisotopic (exact) mass is 267 g/mol. The van der Waals surface area contributed by atoms with Crippen LogP contribution >= 0.6 is 0 Å².